The molecule has 0 aliphatic carbocycles. The number of aromatic nitrogens is 1. The number of nitrogens with zero attached hydrogens (tertiary/aromatic N) is 1. The fourth-order valence-corrected chi connectivity index (χ4v) is 6.39. The number of ether oxygens (including phenoxy) is 1. The van der Waals surface area contributed by atoms with E-state index in [9.17, 15) is 29.4 Å². The summed E-state index contributed by atoms with van der Waals surface area (Å²) in [5, 5.41) is 34.3. The van der Waals surface area contributed by atoms with Crippen molar-refractivity contribution in [2.24, 2.45) is 11.8 Å². The molecule has 0 aliphatic rings. The first-order valence-electron chi connectivity index (χ1n) is 19.1. The number of hydrogen-bond acceptors (Lipinski definition) is 8. The number of nitrogens with one attached hydrogen (secondary N) is 4. The summed E-state index contributed by atoms with van der Waals surface area (Å²) in [5.41, 5.74) is 2.12. The fourth-order valence-electron chi connectivity index (χ4n) is 6.39. The lowest BCUT2D eigenvalue weighted by Crippen LogP contribution is -2.58. The van der Waals surface area contributed by atoms with Crippen LogP contribution in [0.3, 0.4) is 0 Å². The largest absolute Gasteiger partial charge is 0.445 e. The molecule has 0 fully saturated rings. The van der Waals surface area contributed by atoms with E-state index in [0.29, 0.717) is 12.1 Å². The summed E-state index contributed by atoms with van der Waals surface area (Å²) in [4.78, 5) is 59.0. The second kappa shape index (κ2) is 21.5. The molecule has 0 saturated carbocycles. The molecule has 12 nitrogen and oxygen atoms in total. The van der Waals surface area contributed by atoms with Crippen LogP contribution in [0.4, 0.5) is 4.79 Å². The molecular formula is C43H55N5O7. The van der Waals surface area contributed by atoms with Crippen LogP contribution < -0.4 is 21.3 Å². The maximum absolute atomic E-state index is 14.3. The maximum Gasteiger partial charge on any atom is 0.408 e. The van der Waals surface area contributed by atoms with E-state index in [1.165, 1.54) is 0 Å². The van der Waals surface area contributed by atoms with Gasteiger partial charge in [-0.05, 0) is 45.9 Å². The molecule has 0 aliphatic heterocycles. The average Bonchev–Trinajstić information content (AvgIpc) is 3.20. The Balaban J connectivity index is 1.58. The monoisotopic (exact) mass is 753 g/mol. The number of amides is 4. The Morgan fingerprint density at radius 3 is 2.07 bits per heavy atom. The van der Waals surface area contributed by atoms with Gasteiger partial charge in [0.25, 0.3) is 0 Å². The molecular weight excluding hydrogens is 699 g/mol. The van der Waals surface area contributed by atoms with Gasteiger partial charge in [0, 0.05) is 24.7 Å². The first-order valence-corrected chi connectivity index (χ1v) is 19.1. The van der Waals surface area contributed by atoms with Gasteiger partial charge in [-0.3, -0.25) is 19.4 Å². The predicted molar refractivity (Wildman–Crippen MR) is 212 cm³/mol. The summed E-state index contributed by atoms with van der Waals surface area (Å²) in [5.74, 6) is -1.89. The van der Waals surface area contributed by atoms with E-state index in [0.717, 1.165) is 28.3 Å². The second-order valence-electron chi connectivity index (χ2n) is 14.1. The number of benzene rings is 3. The summed E-state index contributed by atoms with van der Waals surface area (Å²) < 4.78 is 5.49. The van der Waals surface area contributed by atoms with Gasteiger partial charge < -0.3 is 36.2 Å². The number of pyridine rings is 1. The second-order valence-corrected chi connectivity index (χ2v) is 14.1. The number of aliphatic hydroxyl groups is 2. The van der Waals surface area contributed by atoms with Crippen molar-refractivity contribution >= 4 is 34.6 Å². The van der Waals surface area contributed by atoms with Gasteiger partial charge in [0.05, 0.1) is 31.2 Å². The van der Waals surface area contributed by atoms with Crippen LogP contribution in [0.1, 0.15) is 63.8 Å². The Morgan fingerprint density at radius 1 is 0.727 bits per heavy atom. The molecule has 7 atom stereocenters. The Labute approximate surface area is 323 Å². The van der Waals surface area contributed by atoms with Gasteiger partial charge in [-0.1, -0.05) is 119 Å². The molecule has 3 aromatic carbocycles. The van der Waals surface area contributed by atoms with Crippen molar-refractivity contribution < 1.29 is 34.1 Å². The van der Waals surface area contributed by atoms with E-state index >= 15 is 0 Å². The lowest BCUT2D eigenvalue weighted by Gasteiger charge is -2.31. The summed E-state index contributed by atoms with van der Waals surface area (Å²) in [7, 11) is 0. The van der Waals surface area contributed by atoms with Crippen LogP contribution in [0, 0.1) is 11.8 Å². The Bertz CT molecular complexity index is 1820. The van der Waals surface area contributed by atoms with Crippen LogP contribution in [0.15, 0.2) is 97.2 Å². The van der Waals surface area contributed by atoms with Gasteiger partial charge in [0.2, 0.25) is 17.7 Å². The van der Waals surface area contributed by atoms with Crippen LogP contribution in [0.5, 0.6) is 0 Å². The number of hydrogen-bond donors (Lipinski definition) is 6. The van der Waals surface area contributed by atoms with E-state index in [-0.39, 0.29) is 44.3 Å². The molecule has 294 valence electrons. The van der Waals surface area contributed by atoms with Crippen molar-refractivity contribution in [3.63, 3.8) is 0 Å². The Morgan fingerprint density at radius 2 is 1.38 bits per heavy atom. The van der Waals surface area contributed by atoms with Gasteiger partial charge in [0.15, 0.2) is 0 Å². The predicted octanol–water partition coefficient (Wildman–Crippen LogP) is 4.60. The number of carbonyl (C=O) groups is 4. The molecule has 4 amide bonds. The van der Waals surface area contributed by atoms with Crippen molar-refractivity contribution in [2.75, 3.05) is 6.61 Å². The van der Waals surface area contributed by atoms with E-state index in [1.807, 2.05) is 100 Å². The molecule has 2 unspecified atom stereocenters. The third-order valence-electron chi connectivity index (χ3n) is 10.1. The summed E-state index contributed by atoms with van der Waals surface area (Å²) in [6.07, 6.45) is 0.650. The topological polar surface area (TPSA) is 179 Å². The molecule has 0 spiro atoms. The zero-order chi connectivity index (χ0) is 39.7. The van der Waals surface area contributed by atoms with Gasteiger partial charge in [-0.2, -0.15) is 0 Å². The molecule has 0 radical (unpaired) electrons. The first kappa shape index (κ1) is 42.4. The lowest BCUT2D eigenvalue weighted by atomic mass is 9.91. The van der Waals surface area contributed by atoms with Gasteiger partial charge in [0.1, 0.15) is 18.7 Å². The van der Waals surface area contributed by atoms with Crippen molar-refractivity contribution in [3.05, 3.63) is 114 Å². The van der Waals surface area contributed by atoms with Gasteiger partial charge >= 0.3 is 6.09 Å². The van der Waals surface area contributed by atoms with Crippen LogP contribution >= 0.6 is 0 Å². The summed E-state index contributed by atoms with van der Waals surface area (Å²) >= 11 is 0. The lowest BCUT2D eigenvalue weighted by molar-refractivity contribution is -0.131. The molecule has 4 rings (SSSR count). The average molecular weight is 754 g/mol. The van der Waals surface area contributed by atoms with Crippen molar-refractivity contribution in [1.82, 2.24) is 26.3 Å². The smallest absolute Gasteiger partial charge is 0.408 e. The molecule has 0 saturated heterocycles. The Hall–Kier alpha value is -5.33. The zero-order valence-electron chi connectivity index (χ0n) is 32.1. The van der Waals surface area contributed by atoms with Crippen LogP contribution in [-0.2, 0) is 38.6 Å². The summed E-state index contributed by atoms with van der Waals surface area (Å²) in [6, 6.07) is 24.3. The molecule has 6 N–H and O–H groups in total. The SMILES string of the molecule is CCC(C)[C@H](NC(=O)C(Cc1ccccn1)NC(=O)[C@H](Cc1cccc2ccccc12)NC(=O)OCc1ccccc1)[C@@H](O)CC(=O)N[C@H](CO)[C@@H](C)CC. The van der Waals surface area contributed by atoms with E-state index in [4.69, 9.17) is 4.74 Å². The van der Waals surface area contributed by atoms with E-state index in [1.54, 1.807) is 24.4 Å². The highest BCUT2D eigenvalue weighted by Gasteiger charge is 2.33. The fraction of sp³-hybridized carbons (Fsp3) is 0.419. The minimum Gasteiger partial charge on any atom is -0.445 e. The quantitative estimate of drug-likeness (QED) is 0.0758. The molecule has 12 heteroatoms. The molecule has 1 heterocycles. The Kier molecular flexibility index (Phi) is 16.6. The molecule has 55 heavy (non-hydrogen) atoms. The van der Waals surface area contributed by atoms with Crippen LogP contribution in [0.2, 0.25) is 0 Å². The molecule has 1 aromatic heterocycles. The third-order valence-corrected chi connectivity index (χ3v) is 10.1. The molecule has 0 bridgehead atoms. The van der Waals surface area contributed by atoms with Gasteiger partial charge in [-0.25, -0.2) is 4.79 Å². The highest BCUT2D eigenvalue weighted by molar-refractivity contribution is 5.93. The number of alkyl carbamates (subject to hydrolysis) is 1. The number of rotatable bonds is 20. The zero-order valence-corrected chi connectivity index (χ0v) is 32.1. The minimum atomic E-state index is -1.26. The number of aliphatic hydroxyl groups excluding tert-OH is 2. The maximum atomic E-state index is 14.3. The first-order chi connectivity index (χ1) is 26.5. The summed E-state index contributed by atoms with van der Waals surface area (Å²) in [6.45, 7) is 7.41. The standard InChI is InChI=1S/C43H55N5O7/c1-5-28(3)37(26-49)45-39(51)25-38(50)40(29(4)6-2)48-42(53)36(24-33-20-12-13-22-44-33)46-41(52)35(47-43(54)55-27-30-15-8-7-9-16-30)23-32-19-14-18-31-17-10-11-21-34(31)32/h7-22,28-29,35-38,40,49-50H,5-6,23-27H2,1-4H3,(H,45,51)(H,46,52)(H,47,54)(H,48,53)/t28-,29?,35-,36?,37+,38-,40-/m0/s1. The molecule has 4 aromatic rings. The highest BCUT2D eigenvalue weighted by atomic mass is 16.5. The van der Waals surface area contributed by atoms with Crippen molar-refractivity contribution in [2.45, 2.75) is 96.7 Å². The van der Waals surface area contributed by atoms with E-state index in [2.05, 4.69) is 26.3 Å². The number of carbonyl (C=O) groups excluding carboxylic acids is 4. The minimum absolute atomic E-state index is 0.00434. The highest BCUT2D eigenvalue weighted by Crippen LogP contribution is 2.21. The van der Waals surface area contributed by atoms with Crippen LogP contribution in [0.25, 0.3) is 10.8 Å². The van der Waals surface area contributed by atoms with Crippen LogP contribution in [-0.4, -0.2) is 75.9 Å². The van der Waals surface area contributed by atoms with Gasteiger partial charge in [-0.15, -0.1) is 0 Å². The number of fused-ring (bicyclic) bond motifs is 1. The third kappa shape index (κ3) is 12.9. The van der Waals surface area contributed by atoms with E-state index < -0.39 is 54.1 Å². The van der Waals surface area contributed by atoms with Crippen molar-refractivity contribution in [1.29, 1.82) is 0 Å². The normalized spacial score (nSPS) is 15.0. The van der Waals surface area contributed by atoms with Crippen molar-refractivity contribution in [3.8, 4) is 0 Å².